The smallest absolute Gasteiger partial charge is 1.00 e. The Morgan fingerprint density at radius 1 is 1.25 bits per heavy atom. The third kappa shape index (κ3) is 9.90. The molecule has 1 unspecified atom stereocenters. The van der Waals surface area contributed by atoms with Gasteiger partial charge < -0.3 is 16.7 Å². The van der Waals surface area contributed by atoms with Crippen molar-refractivity contribution in [1.82, 2.24) is 0 Å². The summed E-state index contributed by atoms with van der Waals surface area (Å²) in [5.74, 6) is -2.16. The maximum Gasteiger partial charge on any atom is 1.00 e. The van der Waals surface area contributed by atoms with Gasteiger partial charge in [0.25, 0.3) is 0 Å². The molecule has 0 aromatic carbocycles. The van der Waals surface area contributed by atoms with Crippen LogP contribution in [-0.2, 0) is 9.59 Å². The average molecular weight is 186 g/mol. The Balaban J connectivity index is -0.000000500. The summed E-state index contributed by atoms with van der Waals surface area (Å²) >= 11 is 0. The molecular weight excluding hydrogens is 175 g/mol. The van der Waals surface area contributed by atoms with E-state index in [0.29, 0.717) is 0 Å². The van der Waals surface area contributed by atoms with Gasteiger partial charge in [0.1, 0.15) is 0 Å². The number of aliphatic hydroxyl groups excluding tert-OH is 1. The Morgan fingerprint density at radius 2 is 1.75 bits per heavy atom. The van der Waals surface area contributed by atoms with E-state index in [2.05, 4.69) is 0 Å². The quantitative estimate of drug-likeness (QED) is 0.393. The first-order chi connectivity index (χ1) is 5.02. The molecule has 0 aliphatic heterocycles. The first-order valence-corrected chi connectivity index (χ1v) is 3.14. The van der Waals surface area contributed by atoms with Gasteiger partial charge in [0.15, 0.2) is 0 Å². The molecule has 5 nitrogen and oxygen atoms in total. The Morgan fingerprint density at radius 3 is 2.08 bits per heavy atom. The number of carboxylic acids is 2. The number of aliphatic carboxylic acids is 2. The predicted octanol–water partition coefficient (Wildman–Crippen LogP) is -3.20. The Hall–Kier alpha value is -0.100. The average Bonchev–Trinajstić information content (AvgIpc) is 1.82. The zero-order chi connectivity index (χ0) is 8.85. The minimum absolute atomic E-state index is 0. The summed E-state index contributed by atoms with van der Waals surface area (Å²) < 4.78 is 0. The molecule has 0 aromatic heterocycles. The van der Waals surface area contributed by atoms with Crippen molar-refractivity contribution >= 4 is 11.9 Å². The van der Waals surface area contributed by atoms with Gasteiger partial charge in [0, 0.05) is 6.42 Å². The standard InChI is InChI=1S/C6H10O5.Na.H/c7-4(3-6(10)11)1-2-5(8)9;;/h4,7H,1-3H2,(H,8,9)(H,10,11);;/q;+1;-1. The summed E-state index contributed by atoms with van der Waals surface area (Å²) in [7, 11) is 0. The predicted molar refractivity (Wildman–Crippen MR) is 36.2 cm³/mol. The Labute approximate surface area is 93.2 Å². The third-order valence-electron chi connectivity index (χ3n) is 1.10. The van der Waals surface area contributed by atoms with Crippen molar-refractivity contribution in [2.75, 3.05) is 0 Å². The van der Waals surface area contributed by atoms with E-state index in [1.165, 1.54) is 0 Å². The van der Waals surface area contributed by atoms with Crippen LogP contribution in [0.5, 0.6) is 0 Å². The Kier molecular flexibility index (Phi) is 9.07. The van der Waals surface area contributed by atoms with Crippen LogP contribution in [0.25, 0.3) is 0 Å². The fourth-order valence-electron chi connectivity index (χ4n) is 0.594. The van der Waals surface area contributed by atoms with Crippen molar-refractivity contribution in [2.45, 2.75) is 25.4 Å². The van der Waals surface area contributed by atoms with Gasteiger partial charge in [-0.25, -0.2) is 0 Å². The van der Waals surface area contributed by atoms with Crippen molar-refractivity contribution in [3.63, 3.8) is 0 Å². The summed E-state index contributed by atoms with van der Waals surface area (Å²) in [4.78, 5) is 19.9. The van der Waals surface area contributed by atoms with Gasteiger partial charge in [0.2, 0.25) is 0 Å². The number of hydrogen-bond donors (Lipinski definition) is 3. The molecular formula is C6H11NaO5. The van der Waals surface area contributed by atoms with Crippen LogP contribution < -0.4 is 29.6 Å². The maximum atomic E-state index is 9.95. The zero-order valence-electron chi connectivity index (χ0n) is 7.86. The molecule has 0 spiro atoms. The van der Waals surface area contributed by atoms with E-state index in [0.717, 1.165) is 0 Å². The monoisotopic (exact) mass is 186 g/mol. The molecule has 0 saturated carbocycles. The van der Waals surface area contributed by atoms with Crippen LogP contribution in [0.3, 0.4) is 0 Å². The van der Waals surface area contributed by atoms with Crippen LogP contribution in [-0.4, -0.2) is 33.4 Å². The minimum atomic E-state index is -1.12. The number of hydrogen-bond acceptors (Lipinski definition) is 3. The molecule has 0 bridgehead atoms. The van der Waals surface area contributed by atoms with Gasteiger partial charge in [-0.1, -0.05) is 0 Å². The van der Waals surface area contributed by atoms with E-state index in [9.17, 15) is 9.59 Å². The fourth-order valence-corrected chi connectivity index (χ4v) is 0.594. The number of carbonyl (C=O) groups is 2. The van der Waals surface area contributed by atoms with Crippen molar-refractivity contribution in [3.8, 4) is 0 Å². The van der Waals surface area contributed by atoms with Gasteiger partial charge in [-0.3, -0.25) is 9.59 Å². The van der Waals surface area contributed by atoms with Crippen LogP contribution in [0.15, 0.2) is 0 Å². The molecule has 0 aromatic rings. The Bertz CT molecular complexity index is 163. The molecule has 6 heteroatoms. The molecule has 0 rings (SSSR count). The van der Waals surface area contributed by atoms with Gasteiger partial charge >= 0.3 is 41.5 Å². The van der Waals surface area contributed by atoms with Crippen LogP contribution >= 0.6 is 0 Å². The summed E-state index contributed by atoms with van der Waals surface area (Å²) in [6.07, 6.45) is -1.66. The van der Waals surface area contributed by atoms with Crippen molar-refractivity contribution in [1.29, 1.82) is 0 Å². The molecule has 0 amide bonds. The second-order valence-electron chi connectivity index (χ2n) is 2.18. The molecule has 12 heavy (non-hydrogen) atoms. The van der Waals surface area contributed by atoms with E-state index < -0.39 is 24.5 Å². The minimum Gasteiger partial charge on any atom is -1.00 e. The molecule has 0 heterocycles. The van der Waals surface area contributed by atoms with Gasteiger partial charge in [-0.2, -0.15) is 0 Å². The van der Waals surface area contributed by atoms with Crippen LogP contribution in [0.1, 0.15) is 20.7 Å². The van der Waals surface area contributed by atoms with E-state index >= 15 is 0 Å². The summed E-state index contributed by atoms with van der Waals surface area (Å²) in [5.41, 5.74) is 0. The largest absolute Gasteiger partial charge is 1.00 e. The normalized spacial score (nSPS) is 11.4. The van der Waals surface area contributed by atoms with Gasteiger partial charge in [-0.15, -0.1) is 0 Å². The topological polar surface area (TPSA) is 94.8 Å². The summed E-state index contributed by atoms with van der Waals surface area (Å²) in [6, 6.07) is 0. The summed E-state index contributed by atoms with van der Waals surface area (Å²) in [6.45, 7) is 0. The first kappa shape index (κ1) is 14.4. The molecule has 0 aliphatic carbocycles. The van der Waals surface area contributed by atoms with E-state index in [4.69, 9.17) is 15.3 Å². The number of aliphatic hydroxyl groups is 1. The van der Waals surface area contributed by atoms with E-state index in [-0.39, 0.29) is 43.8 Å². The molecule has 3 N–H and O–H groups in total. The van der Waals surface area contributed by atoms with Crippen molar-refractivity contribution in [3.05, 3.63) is 0 Å². The first-order valence-electron chi connectivity index (χ1n) is 3.14. The SMILES string of the molecule is O=C(O)CCC(O)CC(=O)O.[H-].[Na+]. The maximum absolute atomic E-state index is 9.95. The van der Waals surface area contributed by atoms with Crippen LogP contribution in [0.2, 0.25) is 0 Å². The third-order valence-corrected chi connectivity index (χ3v) is 1.10. The summed E-state index contributed by atoms with van der Waals surface area (Å²) in [5, 5.41) is 25.1. The van der Waals surface area contributed by atoms with Crippen LogP contribution in [0.4, 0.5) is 0 Å². The van der Waals surface area contributed by atoms with Gasteiger partial charge in [-0.05, 0) is 6.42 Å². The second-order valence-corrected chi connectivity index (χ2v) is 2.18. The fraction of sp³-hybridized carbons (Fsp3) is 0.667. The number of rotatable bonds is 5. The molecule has 0 fully saturated rings. The number of carboxylic acid groups (broad SMARTS) is 2. The van der Waals surface area contributed by atoms with Crippen LogP contribution in [0, 0.1) is 0 Å². The zero-order valence-corrected chi connectivity index (χ0v) is 8.86. The van der Waals surface area contributed by atoms with Gasteiger partial charge in [0.05, 0.1) is 12.5 Å². The van der Waals surface area contributed by atoms with Crippen molar-refractivity contribution in [2.24, 2.45) is 0 Å². The van der Waals surface area contributed by atoms with E-state index in [1.807, 2.05) is 0 Å². The second kappa shape index (κ2) is 7.54. The van der Waals surface area contributed by atoms with E-state index in [1.54, 1.807) is 0 Å². The molecule has 1 atom stereocenters. The van der Waals surface area contributed by atoms with Crippen molar-refractivity contribution < 1.29 is 55.9 Å². The molecule has 0 aliphatic rings. The molecule has 0 saturated heterocycles. The molecule has 0 radical (unpaired) electrons. The molecule has 66 valence electrons.